The maximum Gasteiger partial charge on any atom is 0.453 e. The lowest BCUT2D eigenvalue weighted by molar-refractivity contribution is -0.146. The molecule has 0 aliphatic carbocycles. The second-order valence-corrected chi connectivity index (χ2v) is 6.10. The van der Waals surface area contributed by atoms with Gasteiger partial charge in [-0.05, 0) is 17.7 Å². The fourth-order valence-corrected chi connectivity index (χ4v) is 3.11. The van der Waals surface area contributed by atoms with Crippen LogP contribution in [-0.2, 0) is 12.7 Å². The molecule has 0 unspecified atom stereocenters. The summed E-state index contributed by atoms with van der Waals surface area (Å²) in [5.41, 5.74) is 1.88. The van der Waals surface area contributed by atoms with Crippen LogP contribution in [-0.4, -0.2) is 55.9 Å². The molecule has 1 saturated heterocycles. The summed E-state index contributed by atoms with van der Waals surface area (Å²) < 4.78 is 39.7. The van der Waals surface area contributed by atoms with Crippen LogP contribution in [0.15, 0.2) is 36.8 Å². The molecule has 10 heteroatoms. The Balaban J connectivity index is 1.50. The molecule has 0 radical (unpaired) electrons. The van der Waals surface area contributed by atoms with Crippen LogP contribution >= 0.6 is 0 Å². The van der Waals surface area contributed by atoms with Crippen molar-refractivity contribution in [2.75, 3.05) is 31.1 Å². The number of nitrogens with zero attached hydrogens (tertiary/aromatic N) is 7. The smallest absolute Gasteiger partial charge is 0.366 e. The first kappa shape index (κ1) is 16.7. The van der Waals surface area contributed by atoms with Gasteiger partial charge >= 0.3 is 6.18 Å². The van der Waals surface area contributed by atoms with E-state index in [1.807, 2.05) is 23.2 Å². The van der Waals surface area contributed by atoms with Gasteiger partial charge in [-0.1, -0.05) is 6.07 Å². The van der Waals surface area contributed by atoms with Crippen LogP contribution in [0.25, 0.3) is 5.65 Å². The van der Waals surface area contributed by atoms with Gasteiger partial charge in [-0.3, -0.25) is 9.88 Å². The minimum atomic E-state index is -4.59. The van der Waals surface area contributed by atoms with E-state index < -0.39 is 12.0 Å². The average molecular weight is 363 g/mol. The minimum Gasteiger partial charge on any atom is -0.366 e. The highest BCUT2D eigenvalue weighted by atomic mass is 19.4. The van der Waals surface area contributed by atoms with Crippen molar-refractivity contribution < 1.29 is 13.2 Å². The number of fused-ring (bicyclic) bond motifs is 1. The molecule has 0 aromatic carbocycles. The van der Waals surface area contributed by atoms with E-state index in [0.717, 1.165) is 29.7 Å². The van der Waals surface area contributed by atoms with E-state index in [1.165, 1.54) is 6.20 Å². The summed E-state index contributed by atoms with van der Waals surface area (Å²) in [7, 11) is 0. The first-order chi connectivity index (χ1) is 12.5. The second kappa shape index (κ2) is 6.52. The Morgan fingerprint density at radius 2 is 1.81 bits per heavy atom. The van der Waals surface area contributed by atoms with Crippen LogP contribution in [0.3, 0.4) is 0 Å². The van der Waals surface area contributed by atoms with Gasteiger partial charge in [0.25, 0.3) is 5.82 Å². The lowest BCUT2D eigenvalue weighted by Gasteiger charge is -2.35. The normalized spacial score (nSPS) is 16.3. The number of alkyl halides is 3. The molecule has 1 aliphatic heterocycles. The van der Waals surface area contributed by atoms with Gasteiger partial charge in [0.2, 0.25) is 5.65 Å². The molecule has 0 spiro atoms. The highest BCUT2D eigenvalue weighted by Gasteiger charge is 2.38. The Bertz CT molecular complexity index is 886. The Morgan fingerprint density at radius 3 is 2.50 bits per heavy atom. The third kappa shape index (κ3) is 3.19. The Hall–Kier alpha value is -2.75. The Morgan fingerprint density at radius 1 is 1.00 bits per heavy atom. The van der Waals surface area contributed by atoms with Gasteiger partial charge in [-0.15, -0.1) is 10.2 Å². The number of halogens is 3. The molecular formula is C16H16F3N7. The van der Waals surface area contributed by atoms with Crippen molar-refractivity contribution in [3.63, 3.8) is 0 Å². The standard InChI is InChI=1S/C16H16F3N7/c17-16(18,19)15-23-22-14-13(3-5-21-26(14)15)25-8-6-24(7-9-25)11-12-2-1-4-20-10-12/h1-5,10H,6-9,11H2. The first-order valence-corrected chi connectivity index (χ1v) is 8.16. The van der Waals surface area contributed by atoms with Crippen LogP contribution in [0, 0.1) is 0 Å². The molecule has 0 atom stereocenters. The summed E-state index contributed by atoms with van der Waals surface area (Å²) in [4.78, 5) is 8.42. The largest absolute Gasteiger partial charge is 0.453 e. The second-order valence-electron chi connectivity index (χ2n) is 6.10. The molecule has 3 aromatic rings. The van der Waals surface area contributed by atoms with E-state index in [4.69, 9.17) is 0 Å². The minimum absolute atomic E-state index is 0.125. The topological polar surface area (TPSA) is 62.5 Å². The van der Waals surface area contributed by atoms with E-state index in [2.05, 4.69) is 25.2 Å². The monoisotopic (exact) mass is 363 g/mol. The van der Waals surface area contributed by atoms with Gasteiger partial charge in [0.1, 0.15) is 0 Å². The number of rotatable bonds is 3. The molecule has 0 bridgehead atoms. The van der Waals surface area contributed by atoms with Crippen LogP contribution in [0.4, 0.5) is 18.9 Å². The highest BCUT2D eigenvalue weighted by molar-refractivity contribution is 5.68. The van der Waals surface area contributed by atoms with E-state index in [9.17, 15) is 13.2 Å². The molecule has 0 saturated carbocycles. The summed E-state index contributed by atoms with van der Waals surface area (Å²) in [5, 5.41) is 10.7. The summed E-state index contributed by atoms with van der Waals surface area (Å²) in [6, 6.07) is 5.62. The summed E-state index contributed by atoms with van der Waals surface area (Å²) in [6.07, 6.45) is 0.341. The Kier molecular flexibility index (Phi) is 4.19. The van der Waals surface area contributed by atoms with Gasteiger partial charge in [-0.25, -0.2) is 0 Å². The zero-order valence-corrected chi connectivity index (χ0v) is 13.8. The van der Waals surface area contributed by atoms with Crippen molar-refractivity contribution in [2.24, 2.45) is 0 Å². The van der Waals surface area contributed by atoms with Gasteiger partial charge < -0.3 is 4.90 Å². The maximum absolute atomic E-state index is 13.0. The van der Waals surface area contributed by atoms with Crippen molar-refractivity contribution in [3.8, 4) is 0 Å². The van der Waals surface area contributed by atoms with Crippen molar-refractivity contribution in [2.45, 2.75) is 12.7 Å². The molecule has 136 valence electrons. The molecule has 7 nitrogen and oxygen atoms in total. The van der Waals surface area contributed by atoms with E-state index in [1.54, 1.807) is 12.3 Å². The summed E-state index contributed by atoms with van der Waals surface area (Å²) in [6.45, 7) is 3.77. The molecule has 1 fully saturated rings. The SMILES string of the molecule is FC(F)(F)c1nnc2c(N3CCN(Cc4cccnc4)CC3)ccnn12. The number of piperazine rings is 1. The number of pyridine rings is 1. The van der Waals surface area contributed by atoms with Crippen LogP contribution < -0.4 is 4.90 Å². The molecule has 1 aliphatic rings. The van der Waals surface area contributed by atoms with E-state index in [0.29, 0.717) is 18.8 Å². The molecule has 4 rings (SSSR count). The van der Waals surface area contributed by atoms with Gasteiger partial charge in [-0.2, -0.15) is 22.8 Å². The predicted octanol–water partition coefficient (Wildman–Crippen LogP) is 1.86. The lowest BCUT2D eigenvalue weighted by atomic mass is 10.2. The number of aromatic nitrogens is 5. The first-order valence-electron chi connectivity index (χ1n) is 8.16. The van der Waals surface area contributed by atoms with Crippen molar-refractivity contribution in [1.29, 1.82) is 0 Å². The third-order valence-electron chi connectivity index (χ3n) is 4.38. The maximum atomic E-state index is 13.0. The Labute approximate surface area is 147 Å². The number of anilines is 1. The van der Waals surface area contributed by atoms with Gasteiger partial charge in [0.15, 0.2) is 0 Å². The fourth-order valence-electron chi connectivity index (χ4n) is 3.11. The van der Waals surface area contributed by atoms with Crippen molar-refractivity contribution >= 4 is 11.3 Å². The van der Waals surface area contributed by atoms with Crippen molar-refractivity contribution in [3.05, 3.63) is 48.2 Å². The van der Waals surface area contributed by atoms with Gasteiger partial charge in [0, 0.05) is 45.1 Å². The quantitative estimate of drug-likeness (QED) is 0.708. The summed E-state index contributed by atoms with van der Waals surface area (Å²) in [5.74, 6) is -1.11. The molecule has 0 amide bonds. The van der Waals surface area contributed by atoms with Gasteiger partial charge in [0.05, 0.1) is 11.9 Å². The van der Waals surface area contributed by atoms with E-state index in [-0.39, 0.29) is 5.65 Å². The molecular weight excluding hydrogens is 347 g/mol. The molecule has 3 aromatic heterocycles. The lowest BCUT2D eigenvalue weighted by Crippen LogP contribution is -2.46. The third-order valence-corrected chi connectivity index (χ3v) is 4.38. The average Bonchev–Trinajstić information content (AvgIpc) is 3.08. The van der Waals surface area contributed by atoms with E-state index >= 15 is 0 Å². The predicted molar refractivity (Wildman–Crippen MR) is 87.5 cm³/mol. The van der Waals surface area contributed by atoms with Crippen LogP contribution in [0.1, 0.15) is 11.4 Å². The number of hydrogen-bond donors (Lipinski definition) is 0. The zero-order chi connectivity index (χ0) is 18.1. The molecule has 4 heterocycles. The highest BCUT2D eigenvalue weighted by Crippen LogP contribution is 2.29. The zero-order valence-electron chi connectivity index (χ0n) is 13.8. The van der Waals surface area contributed by atoms with Crippen LogP contribution in [0.5, 0.6) is 0 Å². The molecule has 0 N–H and O–H groups in total. The number of hydrogen-bond acceptors (Lipinski definition) is 6. The van der Waals surface area contributed by atoms with Crippen LogP contribution in [0.2, 0.25) is 0 Å². The summed E-state index contributed by atoms with van der Waals surface area (Å²) >= 11 is 0. The fraction of sp³-hybridized carbons (Fsp3) is 0.375. The van der Waals surface area contributed by atoms with Crippen molar-refractivity contribution in [1.82, 2.24) is 29.7 Å². The molecule has 26 heavy (non-hydrogen) atoms.